The maximum absolute atomic E-state index is 12.1. The first kappa shape index (κ1) is 14.7. The van der Waals surface area contributed by atoms with Crippen LogP contribution in [0.1, 0.15) is 33.9 Å². The van der Waals surface area contributed by atoms with E-state index in [4.69, 9.17) is 5.73 Å². The number of aromatic nitrogens is 1. The molecule has 3 rings (SSSR count). The SMILES string of the molecule is NCc1nc(C(=O)NCC2(c3ccccc3Br)CC2)cs1. The van der Waals surface area contributed by atoms with Crippen LogP contribution >= 0.6 is 27.3 Å². The number of carbonyl (C=O) groups excluding carboxylic acids is 1. The summed E-state index contributed by atoms with van der Waals surface area (Å²) < 4.78 is 1.11. The molecule has 21 heavy (non-hydrogen) atoms. The van der Waals surface area contributed by atoms with Crippen molar-refractivity contribution >= 4 is 33.2 Å². The maximum atomic E-state index is 12.1. The molecule has 1 saturated carbocycles. The second-order valence-electron chi connectivity index (χ2n) is 5.27. The molecule has 1 aromatic heterocycles. The van der Waals surface area contributed by atoms with Gasteiger partial charge in [0.15, 0.2) is 0 Å². The minimum atomic E-state index is -0.121. The molecule has 1 aromatic carbocycles. The first-order chi connectivity index (χ1) is 10.1. The summed E-state index contributed by atoms with van der Waals surface area (Å²) in [6, 6.07) is 8.21. The predicted molar refractivity (Wildman–Crippen MR) is 87.4 cm³/mol. The van der Waals surface area contributed by atoms with Crippen LogP contribution in [0.15, 0.2) is 34.1 Å². The highest BCUT2D eigenvalue weighted by molar-refractivity contribution is 9.10. The molecular weight excluding hydrogens is 350 g/mol. The van der Waals surface area contributed by atoms with Crippen molar-refractivity contribution in [2.45, 2.75) is 24.8 Å². The van der Waals surface area contributed by atoms with Gasteiger partial charge in [-0.25, -0.2) is 4.98 Å². The minimum absolute atomic E-state index is 0.0719. The summed E-state index contributed by atoms with van der Waals surface area (Å²) in [5.74, 6) is -0.121. The van der Waals surface area contributed by atoms with Crippen LogP contribution < -0.4 is 11.1 Å². The first-order valence-electron chi connectivity index (χ1n) is 6.82. The largest absolute Gasteiger partial charge is 0.350 e. The third kappa shape index (κ3) is 3.02. The van der Waals surface area contributed by atoms with E-state index in [0.29, 0.717) is 18.8 Å². The molecule has 110 valence electrons. The van der Waals surface area contributed by atoms with Gasteiger partial charge in [0, 0.05) is 28.4 Å². The maximum Gasteiger partial charge on any atom is 0.270 e. The Morgan fingerprint density at radius 1 is 1.43 bits per heavy atom. The van der Waals surface area contributed by atoms with Gasteiger partial charge in [-0.2, -0.15) is 0 Å². The monoisotopic (exact) mass is 365 g/mol. The van der Waals surface area contributed by atoms with Crippen LogP contribution in [0, 0.1) is 0 Å². The summed E-state index contributed by atoms with van der Waals surface area (Å²) in [4.78, 5) is 16.4. The molecule has 3 N–H and O–H groups in total. The topological polar surface area (TPSA) is 68.0 Å². The molecular formula is C15H16BrN3OS. The van der Waals surface area contributed by atoms with Crippen molar-refractivity contribution in [2.75, 3.05) is 6.54 Å². The average Bonchev–Trinajstić information content (AvgIpc) is 3.12. The zero-order valence-corrected chi connectivity index (χ0v) is 13.8. The standard InChI is InChI=1S/C15H16BrN3OS/c16-11-4-2-1-3-10(11)15(5-6-15)9-18-14(20)12-8-21-13(7-17)19-12/h1-4,8H,5-7,9,17H2,(H,18,20). The van der Waals surface area contributed by atoms with E-state index in [0.717, 1.165) is 22.3 Å². The van der Waals surface area contributed by atoms with Crippen LogP contribution in [0.4, 0.5) is 0 Å². The van der Waals surface area contributed by atoms with E-state index < -0.39 is 0 Å². The zero-order chi connectivity index (χ0) is 14.9. The Kier molecular flexibility index (Phi) is 4.10. The van der Waals surface area contributed by atoms with Gasteiger partial charge < -0.3 is 11.1 Å². The summed E-state index contributed by atoms with van der Waals surface area (Å²) in [5, 5.41) is 5.55. The van der Waals surface area contributed by atoms with Gasteiger partial charge in [0.05, 0.1) is 0 Å². The number of hydrogen-bond acceptors (Lipinski definition) is 4. The van der Waals surface area contributed by atoms with Crippen molar-refractivity contribution < 1.29 is 4.79 Å². The van der Waals surface area contributed by atoms with E-state index in [1.807, 2.05) is 18.2 Å². The number of nitrogens with zero attached hydrogens (tertiary/aromatic N) is 1. The normalized spacial score (nSPS) is 15.7. The van der Waals surface area contributed by atoms with Gasteiger partial charge in [-0.3, -0.25) is 4.79 Å². The van der Waals surface area contributed by atoms with Gasteiger partial charge in [-0.05, 0) is 24.5 Å². The number of hydrogen-bond donors (Lipinski definition) is 2. The molecule has 0 bridgehead atoms. The molecule has 1 heterocycles. The first-order valence-corrected chi connectivity index (χ1v) is 8.49. The van der Waals surface area contributed by atoms with E-state index in [2.05, 4.69) is 32.3 Å². The smallest absolute Gasteiger partial charge is 0.270 e. The Labute approximate surface area is 135 Å². The van der Waals surface area contributed by atoms with Gasteiger partial charge in [0.2, 0.25) is 0 Å². The molecule has 0 aliphatic heterocycles. The van der Waals surface area contributed by atoms with Crippen LogP contribution in [0.25, 0.3) is 0 Å². The molecule has 0 spiro atoms. The second-order valence-corrected chi connectivity index (χ2v) is 7.07. The fourth-order valence-electron chi connectivity index (χ4n) is 2.43. The van der Waals surface area contributed by atoms with Gasteiger partial charge >= 0.3 is 0 Å². The Hall–Kier alpha value is -1.24. The molecule has 2 aromatic rings. The number of halogens is 1. The Balaban J connectivity index is 1.67. The van der Waals surface area contributed by atoms with Crippen LogP contribution in [0.5, 0.6) is 0 Å². The van der Waals surface area contributed by atoms with Gasteiger partial charge in [-0.15, -0.1) is 11.3 Å². The predicted octanol–water partition coefficient (Wildman–Crippen LogP) is 2.83. The number of nitrogens with two attached hydrogens (primary N) is 1. The molecule has 0 unspecified atom stereocenters. The molecule has 4 nitrogen and oxygen atoms in total. The number of thiazole rings is 1. The fraction of sp³-hybridized carbons (Fsp3) is 0.333. The number of nitrogens with one attached hydrogen (secondary N) is 1. The second kappa shape index (κ2) is 5.87. The zero-order valence-electron chi connectivity index (χ0n) is 11.4. The lowest BCUT2D eigenvalue weighted by Gasteiger charge is -2.17. The highest BCUT2D eigenvalue weighted by atomic mass is 79.9. The molecule has 6 heteroatoms. The fourth-order valence-corrected chi connectivity index (χ4v) is 3.79. The van der Waals surface area contributed by atoms with Crippen LogP contribution in [-0.4, -0.2) is 17.4 Å². The Bertz CT molecular complexity index is 666. The highest BCUT2D eigenvalue weighted by Crippen LogP contribution is 2.49. The van der Waals surface area contributed by atoms with E-state index >= 15 is 0 Å². The van der Waals surface area contributed by atoms with Gasteiger partial charge in [0.25, 0.3) is 5.91 Å². The van der Waals surface area contributed by atoms with Crippen molar-refractivity contribution in [3.63, 3.8) is 0 Å². The van der Waals surface area contributed by atoms with Crippen LogP contribution in [0.2, 0.25) is 0 Å². The highest BCUT2D eigenvalue weighted by Gasteiger charge is 2.45. The summed E-state index contributed by atoms with van der Waals surface area (Å²) in [6.07, 6.45) is 2.20. The van der Waals surface area contributed by atoms with E-state index in [9.17, 15) is 4.79 Å². The summed E-state index contributed by atoms with van der Waals surface area (Å²) in [5.41, 5.74) is 7.32. The molecule has 1 aliphatic carbocycles. The van der Waals surface area contributed by atoms with Crippen LogP contribution in [-0.2, 0) is 12.0 Å². The van der Waals surface area contributed by atoms with Gasteiger partial charge in [0.1, 0.15) is 10.7 Å². The number of carbonyl (C=O) groups is 1. The molecule has 1 aliphatic rings. The van der Waals surface area contributed by atoms with Crippen molar-refractivity contribution in [3.8, 4) is 0 Å². The number of benzene rings is 1. The lowest BCUT2D eigenvalue weighted by Crippen LogP contribution is -2.32. The Morgan fingerprint density at radius 2 is 2.19 bits per heavy atom. The van der Waals surface area contributed by atoms with Crippen molar-refractivity contribution in [2.24, 2.45) is 5.73 Å². The van der Waals surface area contributed by atoms with E-state index in [1.165, 1.54) is 16.9 Å². The lowest BCUT2D eigenvalue weighted by atomic mass is 9.96. The summed E-state index contributed by atoms with van der Waals surface area (Å²) in [7, 11) is 0. The molecule has 0 radical (unpaired) electrons. The van der Waals surface area contributed by atoms with Crippen molar-refractivity contribution in [1.82, 2.24) is 10.3 Å². The van der Waals surface area contributed by atoms with E-state index in [1.54, 1.807) is 5.38 Å². The minimum Gasteiger partial charge on any atom is -0.350 e. The third-order valence-electron chi connectivity index (χ3n) is 3.85. The lowest BCUT2D eigenvalue weighted by molar-refractivity contribution is 0.0945. The third-order valence-corrected chi connectivity index (χ3v) is 5.41. The van der Waals surface area contributed by atoms with Crippen molar-refractivity contribution in [3.05, 3.63) is 50.4 Å². The number of rotatable bonds is 5. The number of amides is 1. The van der Waals surface area contributed by atoms with E-state index in [-0.39, 0.29) is 11.3 Å². The molecule has 1 fully saturated rings. The van der Waals surface area contributed by atoms with Crippen LogP contribution in [0.3, 0.4) is 0 Å². The summed E-state index contributed by atoms with van der Waals surface area (Å²) in [6.45, 7) is 1.02. The molecule has 1 amide bonds. The Morgan fingerprint density at radius 3 is 2.81 bits per heavy atom. The molecule has 0 saturated heterocycles. The van der Waals surface area contributed by atoms with Gasteiger partial charge in [-0.1, -0.05) is 34.1 Å². The summed E-state index contributed by atoms with van der Waals surface area (Å²) >= 11 is 5.02. The average molecular weight is 366 g/mol. The van der Waals surface area contributed by atoms with Crippen molar-refractivity contribution in [1.29, 1.82) is 0 Å². The quantitative estimate of drug-likeness (QED) is 0.855. The molecule has 0 atom stereocenters.